The minimum atomic E-state index is -1.32. The van der Waals surface area contributed by atoms with Gasteiger partial charge in [0.25, 0.3) is 5.91 Å². The lowest BCUT2D eigenvalue weighted by atomic mass is 10.0. The number of nitrogens with two attached hydrogens (primary N) is 1. The third-order valence-electron chi connectivity index (χ3n) is 2.90. The van der Waals surface area contributed by atoms with Crippen molar-refractivity contribution < 1.29 is 18.4 Å². The molecular formula is C14H19F2N3O2. The molecule has 0 aliphatic carbocycles. The predicted molar refractivity (Wildman–Crippen MR) is 75.9 cm³/mol. The molecule has 0 aliphatic rings. The third-order valence-corrected chi connectivity index (χ3v) is 2.90. The molecule has 0 fully saturated rings. The number of hydrogen-bond acceptors (Lipinski definition) is 3. The van der Waals surface area contributed by atoms with Gasteiger partial charge in [-0.15, -0.1) is 0 Å². The molecule has 0 saturated heterocycles. The molecule has 1 rings (SSSR count). The highest BCUT2D eigenvalue weighted by Gasteiger charge is 2.28. The maximum atomic E-state index is 13.8. The molecule has 0 aliphatic heterocycles. The number of carbonyl (C=O) groups is 2. The second kappa shape index (κ2) is 6.51. The summed E-state index contributed by atoms with van der Waals surface area (Å²) in [6.45, 7) is 5.07. The standard InChI is InChI=1S/C14H19F2N3O2/c1-4-5-18-11-9(15)6-8(7-10(11)16)12(20)19-14(2,3)13(17)21/h6-7,18H,4-5H2,1-3H3,(H2,17,21)(H,19,20). The molecule has 7 heteroatoms. The van der Waals surface area contributed by atoms with Gasteiger partial charge < -0.3 is 16.4 Å². The van der Waals surface area contributed by atoms with Gasteiger partial charge in [0, 0.05) is 12.1 Å². The number of amides is 2. The first kappa shape index (κ1) is 16.9. The Balaban J connectivity index is 3.00. The Hall–Kier alpha value is -2.18. The Morgan fingerprint density at radius 1 is 1.24 bits per heavy atom. The molecule has 0 aromatic heterocycles. The van der Waals surface area contributed by atoms with E-state index in [9.17, 15) is 18.4 Å². The summed E-state index contributed by atoms with van der Waals surface area (Å²) in [5.41, 5.74) is 3.31. The van der Waals surface area contributed by atoms with Crippen molar-refractivity contribution in [3.8, 4) is 0 Å². The van der Waals surface area contributed by atoms with Gasteiger partial charge in [-0.3, -0.25) is 9.59 Å². The molecule has 0 unspecified atom stereocenters. The predicted octanol–water partition coefficient (Wildman–Crippen LogP) is 1.78. The fourth-order valence-electron chi connectivity index (χ4n) is 1.54. The van der Waals surface area contributed by atoms with E-state index in [1.54, 1.807) is 0 Å². The zero-order chi connectivity index (χ0) is 16.2. The van der Waals surface area contributed by atoms with Crippen LogP contribution in [0.1, 0.15) is 37.6 Å². The first-order valence-electron chi connectivity index (χ1n) is 6.54. The van der Waals surface area contributed by atoms with E-state index in [0.717, 1.165) is 12.1 Å². The molecule has 116 valence electrons. The normalized spacial score (nSPS) is 11.1. The van der Waals surface area contributed by atoms with E-state index in [4.69, 9.17) is 5.73 Å². The fourth-order valence-corrected chi connectivity index (χ4v) is 1.54. The monoisotopic (exact) mass is 299 g/mol. The highest BCUT2D eigenvalue weighted by atomic mass is 19.1. The van der Waals surface area contributed by atoms with Crippen molar-refractivity contribution in [2.45, 2.75) is 32.7 Å². The van der Waals surface area contributed by atoms with Gasteiger partial charge in [0.2, 0.25) is 5.91 Å². The van der Waals surface area contributed by atoms with E-state index in [1.165, 1.54) is 13.8 Å². The van der Waals surface area contributed by atoms with Crippen molar-refractivity contribution in [1.82, 2.24) is 5.32 Å². The lowest BCUT2D eigenvalue weighted by Gasteiger charge is -2.22. The maximum Gasteiger partial charge on any atom is 0.252 e. The highest BCUT2D eigenvalue weighted by Crippen LogP contribution is 2.21. The minimum absolute atomic E-state index is 0.221. The molecule has 4 N–H and O–H groups in total. The van der Waals surface area contributed by atoms with Crippen LogP contribution < -0.4 is 16.4 Å². The van der Waals surface area contributed by atoms with Crippen LogP contribution in [0.3, 0.4) is 0 Å². The Kier molecular flexibility index (Phi) is 5.23. The lowest BCUT2D eigenvalue weighted by molar-refractivity contribution is -0.122. The summed E-state index contributed by atoms with van der Waals surface area (Å²) in [5, 5.41) is 4.93. The summed E-state index contributed by atoms with van der Waals surface area (Å²) < 4.78 is 27.6. The van der Waals surface area contributed by atoms with E-state index in [-0.39, 0.29) is 11.3 Å². The summed E-state index contributed by atoms with van der Waals surface area (Å²) in [7, 11) is 0. The smallest absolute Gasteiger partial charge is 0.252 e. The van der Waals surface area contributed by atoms with Crippen molar-refractivity contribution >= 4 is 17.5 Å². The summed E-state index contributed by atoms with van der Waals surface area (Å²) in [6.07, 6.45) is 0.702. The molecule has 1 aromatic carbocycles. The van der Waals surface area contributed by atoms with Crippen LogP contribution in [0.4, 0.5) is 14.5 Å². The maximum absolute atomic E-state index is 13.8. The number of rotatable bonds is 6. The SMILES string of the molecule is CCCNc1c(F)cc(C(=O)NC(C)(C)C(N)=O)cc1F. The minimum Gasteiger partial charge on any atom is -0.380 e. The van der Waals surface area contributed by atoms with Crippen molar-refractivity contribution in [2.75, 3.05) is 11.9 Å². The van der Waals surface area contributed by atoms with Crippen LogP contribution in [-0.2, 0) is 4.79 Å². The summed E-state index contributed by atoms with van der Waals surface area (Å²) in [5.74, 6) is -3.27. The molecule has 1 aromatic rings. The van der Waals surface area contributed by atoms with Crippen LogP contribution in [0.15, 0.2) is 12.1 Å². The second-order valence-electron chi connectivity index (χ2n) is 5.19. The quantitative estimate of drug-likeness (QED) is 0.748. The zero-order valence-corrected chi connectivity index (χ0v) is 12.2. The van der Waals surface area contributed by atoms with E-state index in [2.05, 4.69) is 10.6 Å². The fraction of sp³-hybridized carbons (Fsp3) is 0.429. The summed E-state index contributed by atoms with van der Waals surface area (Å²) in [6, 6.07) is 1.82. The van der Waals surface area contributed by atoms with Gasteiger partial charge in [0.15, 0.2) is 0 Å². The summed E-state index contributed by atoms with van der Waals surface area (Å²) in [4.78, 5) is 23.1. The Morgan fingerprint density at radius 2 is 1.76 bits per heavy atom. The molecule has 0 saturated carbocycles. The van der Waals surface area contributed by atoms with E-state index >= 15 is 0 Å². The Morgan fingerprint density at radius 3 is 2.19 bits per heavy atom. The molecule has 21 heavy (non-hydrogen) atoms. The number of primary amides is 1. The number of hydrogen-bond donors (Lipinski definition) is 3. The Bertz CT molecular complexity index is 536. The van der Waals surface area contributed by atoms with Crippen LogP contribution in [-0.4, -0.2) is 23.9 Å². The molecule has 0 radical (unpaired) electrons. The molecule has 0 heterocycles. The largest absolute Gasteiger partial charge is 0.380 e. The third kappa shape index (κ3) is 4.14. The number of anilines is 1. The van der Waals surface area contributed by atoms with Gasteiger partial charge in [-0.25, -0.2) is 8.78 Å². The Labute approximate surface area is 121 Å². The number of carbonyl (C=O) groups excluding carboxylic acids is 2. The van der Waals surface area contributed by atoms with Crippen molar-refractivity contribution in [1.29, 1.82) is 0 Å². The molecule has 0 spiro atoms. The van der Waals surface area contributed by atoms with Crippen molar-refractivity contribution in [3.63, 3.8) is 0 Å². The molecule has 5 nitrogen and oxygen atoms in total. The average Bonchev–Trinajstić information content (AvgIpc) is 2.36. The number of nitrogens with one attached hydrogen (secondary N) is 2. The molecule has 0 bridgehead atoms. The topological polar surface area (TPSA) is 84.2 Å². The van der Waals surface area contributed by atoms with Crippen LogP contribution in [0, 0.1) is 11.6 Å². The van der Waals surface area contributed by atoms with Gasteiger partial charge in [0.05, 0.1) is 0 Å². The van der Waals surface area contributed by atoms with Gasteiger partial charge in [-0.05, 0) is 32.4 Å². The molecule has 2 amide bonds. The van der Waals surface area contributed by atoms with Crippen molar-refractivity contribution in [3.05, 3.63) is 29.3 Å². The van der Waals surface area contributed by atoms with Gasteiger partial charge in [0.1, 0.15) is 22.9 Å². The van der Waals surface area contributed by atoms with Crippen LogP contribution in [0.2, 0.25) is 0 Å². The van der Waals surface area contributed by atoms with Gasteiger partial charge in [-0.2, -0.15) is 0 Å². The van der Waals surface area contributed by atoms with Gasteiger partial charge >= 0.3 is 0 Å². The second-order valence-corrected chi connectivity index (χ2v) is 5.19. The number of benzene rings is 1. The van der Waals surface area contributed by atoms with Crippen LogP contribution in [0.5, 0.6) is 0 Å². The number of halogens is 2. The van der Waals surface area contributed by atoms with Crippen molar-refractivity contribution in [2.24, 2.45) is 5.73 Å². The highest BCUT2D eigenvalue weighted by molar-refractivity contribution is 5.98. The van der Waals surface area contributed by atoms with Gasteiger partial charge in [-0.1, -0.05) is 6.92 Å². The molecular weight excluding hydrogens is 280 g/mol. The summed E-state index contributed by atoms with van der Waals surface area (Å²) >= 11 is 0. The van der Waals surface area contributed by atoms with E-state index < -0.39 is 29.0 Å². The van der Waals surface area contributed by atoms with E-state index in [0.29, 0.717) is 13.0 Å². The molecule has 0 atom stereocenters. The lowest BCUT2D eigenvalue weighted by Crippen LogP contribution is -2.53. The van der Waals surface area contributed by atoms with Crippen LogP contribution in [0.25, 0.3) is 0 Å². The van der Waals surface area contributed by atoms with Crippen LogP contribution >= 0.6 is 0 Å². The zero-order valence-electron chi connectivity index (χ0n) is 12.2. The van der Waals surface area contributed by atoms with E-state index in [1.807, 2.05) is 6.92 Å². The first-order chi connectivity index (χ1) is 9.69. The average molecular weight is 299 g/mol. The first-order valence-corrected chi connectivity index (χ1v) is 6.54.